The van der Waals surface area contributed by atoms with Crippen molar-refractivity contribution >= 4 is 28.6 Å². The number of amides is 1. The molecule has 5 heteroatoms. The minimum atomic E-state index is -0.0773. The average Bonchev–Trinajstić information content (AvgIpc) is 3.41. The number of hydrogen-bond donors (Lipinski definition) is 1. The lowest BCUT2D eigenvalue weighted by Gasteiger charge is -2.25. The second-order valence-corrected chi connectivity index (χ2v) is 8.53. The topological polar surface area (TPSA) is 32.3 Å². The molecule has 4 rings (SSSR count). The first-order chi connectivity index (χ1) is 12.8. The standard InChI is InChI=1S/C21H22N2OS2/c24-20(15-23-12-4-9-17(23)18-10-5-13-25-18)22-21(19-11-6-14-26-19)16-7-2-1-3-8-16/h1-3,5-8,10-11,13-14,17,21H,4,9,12,15H2,(H,22,24)/t17-,21-/m1/s1. The van der Waals surface area contributed by atoms with Gasteiger partial charge in [-0.3, -0.25) is 9.69 Å². The van der Waals surface area contributed by atoms with Crippen molar-refractivity contribution in [3.63, 3.8) is 0 Å². The van der Waals surface area contributed by atoms with E-state index in [0.717, 1.165) is 24.9 Å². The molecule has 26 heavy (non-hydrogen) atoms. The van der Waals surface area contributed by atoms with Gasteiger partial charge in [-0.25, -0.2) is 0 Å². The van der Waals surface area contributed by atoms with Crippen LogP contribution in [-0.2, 0) is 4.79 Å². The molecule has 3 aromatic rings. The predicted molar refractivity (Wildman–Crippen MR) is 109 cm³/mol. The van der Waals surface area contributed by atoms with E-state index in [-0.39, 0.29) is 11.9 Å². The largest absolute Gasteiger partial charge is 0.343 e. The fourth-order valence-electron chi connectivity index (χ4n) is 3.63. The van der Waals surface area contributed by atoms with Crippen molar-refractivity contribution in [2.45, 2.75) is 24.9 Å². The maximum atomic E-state index is 12.8. The van der Waals surface area contributed by atoms with Crippen molar-refractivity contribution in [2.75, 3.05) is 13.1 Å². The average molecular weight is 383 g/mol. The Kier molecular flexibility index (Phi) is 5.48. The zero-order valence-electron chi connectivity index (χ0n) is 14.5. The van der Waals surface area contributed by atoms with E-state index in [4.69, 9.17) is 0 Å². The summed E-state index contributed by atoms with van der Waals surface area (Å²) in [6.07, 6.45) is 2.30. The van der Waals surface area contributed by atoms with Crippen LogP contribution in [0.25, 0.3) is 0 Å². The molecule has 3 heterocycles. The zero-order chi connectivity index (χ0) is 17.8. The summed E-state index contributed by atoms with van der Waals surface area (Å²) in [5.41, 5.74) is 1.12. The molecule has 0 saturated carbocycles. The van der Waals surface area contributed by atoms with Crippen LogP contribution in [0, 0.1) is 0 Å². The molecule has 3 nitrogen and oxygen atoms in total. The monoisotopic (exact) mass is 382 g/mol. The number of nitrogens with zero attached hydrogens (tertiary/aromatic N) is 1. The Bertz CT molecular complexity index is 815. The van der Waals surface area contributed by atoms with Crippen LogP contribution in [0.4, 0.5) is 0 Å². The first kappa shape index (κ1) is 17.5. The van der Waals surface area contributed by atoms with Crippen molar-refractivity contribution < 1.29 is 4.79 Å². The fourth-order valence-corrected chi connectivity index (χ4v) is 5.33. The molecular formula is C21H22N2OS2. The molecule has 2 aromatic heterocycles. The molecule has 1 aromatic carbocycles. The van der Waals surface area contributed by atoms with E-state index in [2.05, 4.69) is 51.3 Å². The summed E-state index contributed by atoms with van der Waals surface area (Å²) in [4.78, 5) is 17.7. The number of carbonyl (C=O) groups is 1. The van der Waals surface area contributed by atoms with Crippen LogP contribution >= 0.6 is 22.7 Å². The van der Waals surface area contributed by atoms with Crippen molar-refractivity contribution in [1.29, 1.82) is 0 Å². The van der Waals surface area contributed by atoms with Gasteiger partial charge in [0.15, 0.2) is 0 Å². The van der Waals surface area contributed by atoms with Crippen LogP contribution in [0.1, 0.15) is 40.2 Å². The Labute approximate surface area is 162 Å². The zero-order valence-corrected chi connectivity index (χ0v) is 16.1. The maximum Gasteiger partial charge on any atom is 0.234 e. The van der Waals surface area contributed by atoms with Gasteiger partial charge in [-0.1, -0.05) is 42.5 Å². The number of thiophene rings is 2. The van der Waals surface area contributed by atoms with Crippen LogP contribution in [0.5, 0.6) is 0 Å². The van der Waals surface area contributed by atoms with Gasteiger partial charge in [-0.05, 0) is 47.8 Å². The summed E-state index contributed by atoms with van der Waals surface area (Å²) in [6.45, 7) is 1.45. The quantitative estimate of drug-likeness (QED) is 0.661. The molecule has 0 radical (unpaired) electrons. The van der Waals surface area contributed by atoms with Gasteiger partial charge >= 0.3 is 0 Å². The van der Waals surface area contributed by atoms with E-state index in [1.54, 1.807) is 22.7 Å². The summed E-state index contributed by atoms with van der Waals surface area (Å²) >= 11 is 3.47. The van der Waals surface area contributed by atoms with Crippen molar-refractivity contribution in [3.8, 4) is 0 Å². The molecule has 134 valence electrons. The highest BCUT2D eigenvalue weighted by Gasteiger charge is 2.29. The second kappa shape index (κ2) is 8.16. The van der Waals surface area contributed by atoms with E-state index in [0.29, 0.717) is 12.6 Å². The summed E-state index contributed by atoms with van der Waals surface area (Å²) in [7, 11) is 0. The molecule has 1 aliphatic rings. The Hall–Kier alpha value is -1.95. The van der Waals surface area contributed by atoms with E-state index >= 15 is 0 Å². The Morgan fingerprint density at radius 2 is 1.88 bits per heavy atom. The number of rotatable bonds is 6. The molecular weight excluding hydrogens is 360 g/mol. The highest BCUT2D eigenvalue weighted by molar-refractivity contribution is 7.10. The number of hydrogen-bond acceptors (Lipinski definition) is 4. The molecule has 1 N–H and O–H groups in total. The third-order valence-electron chi connectivity index (χ3n) is 4.85. The van der Waals surface area contributed by atoms with Gasteiger partial charge in [0, 0.05) is 15.8 Å². The van der Waals surface area contributed by atoms with Crippen molar-refractivity contribution in [2.24, 2.45) is 0 Å². The maximum absolute atomic E-state index is 12.8. The lowest BCUT2D eigenvalue weighted by Crippen LogP contribution is -2.38. The third kappa shape index (κ3) is 3.90. The van der Waals surface area contributed by atoms with E-state index in [1.807, 2.05) is 24.3 Å². The van der Waals surface area contributed by atoms with E-state index in [1.165, 1.54) is 9.75 Å². The molecule has 0 aliphatic carbocycles. The summed E-state index contributed by atoms with van der Waals surface area (Å²) in [6, 6.07) is 18.9. The number of carbonyl (C=O) groups excluding carboxylic acids is 1. The van der Waals surface area contributed by atoms with Gasteiger partial charge < -0.3 is 5.32 Å². The van der Waals surface area contributed by atoms with Crippen molar-refractivity contribution in [1.82, 2.24) is 10.2 Å². The lowest BCUT2D eigenvalue weighted by molar-refractivity contribution is -0.123. The molecule has 1 saturated heterocycles. The van der Waals surface area contributed by atoms with Gasteiger partial charge in [0.2, 0.25) is 5.91 Å². The third-order valence-corrected chi connectivity index (χ3v) is 6.76. The SMILES string of the molecule is O=C(CN1CCC[C@@H]1c1cccs1)N[C@H](c1ccccc1)c1cccs1. The van der Waals surface area contributed by atoms with Crippen LogP contribution in [-0.4, -0.2) is 23.9 Å². The molecule has 1 fully saturated rings. The number of nitrogens with one attached hydrogen (secondary N) is 1. The van der Waals surface area contributed by atoms with Crippen LogP contribution in [0.2, 0.25) is 0 Å². The molecule has 1 amide bonds. The highest BCUT2D eigenvalue weighted by Crippen LogP contribution is 2.34. The molecule has 0 unspecified atom stereocenters. The second-order valence-electron chi connectivity index (χ2n) is 6.57. The number of likely N-dealkylation sites (tertiary alicyclic amines) is 1. The van der Waals surface area contributed by atoms with E-state index in [9.17, 15) is 4.79 Å². The first-order valence-corrected chi connectivity index (χ1v) is 10.7. The fraction of sp³-hybridized carbons (Fsp3) is 0.286. The van der Waals surface area contributed by atoms with Crippen LogP contribution in [0.3, 0.4) is 0 Å². The minimum absolute atomic E-state index is 0.0773. The van der Waals surface area contributed by atoms with Gasteiger partial charge in [0.25, 0.3) is 0 Å². The van der Waals surface area contributed by atoms with Crippen LogP contribution in [0.15, 0.2) is 65.4 Å². The van der Waals surface area contributed by atoms with Crippen molar-refractivity contribution in [3.05, 3.63) is 80.7 Å². The lowest BCUT2D eigenvalue weighted by atomic mass is 10.1. The molecule has 0 bridgehead atoms. The summed E-state index contributed by atoms with van der Waals surface area (Å²) < 4.78 is 0. The minimum Gasteiger partial charge on any atom is -0.343 e. The Morgan fingerprint density at radius 1 is 1.08 bits per heavy atom. The summed E-state index contributed by atoms with van der Waals surface area (Å²) in [5, 5.41) is 7.44. The van der Waals surface area contributed by atoms with Gasteiger partial charge in [0.05, 0.1) is 12.6 Å². The van der Waals surface area contributed by atoms with Gasteiger partial charge in [0.1, 0.15) is 0 Å². The number of benzene rings is 1. The first-order valence-electron chi connectivity index (χ1n) is 8.96. The van der Waals surface area contributed by atoms with Gasteiger partial charge in [-0.15, -0.1) is 22.7 Å². The van der Waals surface area contributed by atoms with E-state index < -0.39 is 0 Å². The predicted octanol–water partition coefficient (Wildman–Crippen LogP) is 4.85. The van der Waals surface area contributed by atoms with Crippen LogP contribution < -0.4 is 5.32 Å². The Balaban J connectivity index is 1.47. The smallest absolute Gasteiger partial charge is 0.234 e. The molecule has 0 spiro atoms. The highest BCUT2D eigenvalue weighted by atomic mass is 32.1. The molecule has 2 atom stereocenters. The summed E-state index contributed by atoms with van der Waals surface area (Å²) in [5.74, 6) is 0.0932. The normalized spacial score (nSPS) is 18.7. The Morgan fingerprint density at radius 3 is 2.62 bits per heavy atom. The molecule has 1 aliphatic heterocycles. The van der Waals surface area contributed by atoms with Gasteiger partial charge in [-0.2, -0.15) is 0 Å².